The molecule has 1 aliphatic carbocycles. The third-order valence-corrected chi connectivity index (χ3v) is 6.05. The summed E-state index contributed by atoms with van der Waals surface area (Å²) in [5.74, 6) is 0. The summed E-state index contributed by atoms with van der Waals surface area (Å²) in [5.41, 5.74) is 17.6. The van der Waals surface area contributed by atoms with Crippen LogP contribution in [-0.4, -0.2) is 135 Å². The fraction of sp³-hybridized carbons (Fsp3) is 1.00. The second kappa shape index (κ2) is 10.1. The second-order valence-corrected chi connectivity index (χ2v) is 8.20. The van der Waals surface area contributed by atoms with Gasteiger partial charge in [-0.25, -0.2) is 0 Å². The van der Waals surface area contributed by atoms with Crippen LogP contribution < -0.4 is 17.2 Å². The van der Waals surface area contributed by atoms with Crippen molar-refractivity contribution in [1.29, 1.82) is 0 Å². The highest BCUT2D eigenvalue weighted by atomic mass is 16.7. The molecule has 2 saturated heterocycles. The summed E-state index contributed by atoms with van der Waals surface area (Å²) in [6.45, 7) is -0.718. The van der Waals surface area contributed by atoms with Gasteiger partial charge in [-0.2, -0.15) is 0 Å². The van der Waals surface area contributed by atoms with E-state index in [1.165, 1.54) is 0 Å². The van der Waals surface area contributed by atoms with Crippen molar-refractivity contribution in [1.82, 2.24) is 0 Å². The summed E-state index contributed by atoms with van der Waals surface area (Å²) in [6.07, 6.45) is -16.0. The normalized spacial score (nSPS) is 53.6. The van der Waals surface area contributed by atoms with Crippen LogP contribution in [0.5, 0.6) is 0 Å². The molecule has 13 N–H and O–H groups in total. The SMILES string of the molecule is NC[C@H]1O[C@H](O[C@H]2[C@H](O[C@@H]3O[C@H](CO)[C@@H](O)[C@H]3O)[C@@H](O)[C@H](O)C[C@@H]2N)[C@H](N)[C@@H](O)[C@@H]1O. The summed E-state index contributed by atoms with van der Waals surface area (Å²) in [4.78, 5) is 0. The van der Waals surface area contributed by atoms with E-state index in [9.17, 15) is 35.7 Å². The molecule has 2 heterocycles. The Morgan fingerprint density at radius 1 is 0.742 bits per heavy atom. The van der Waals surface area contributed by atoms with Gasteiger partial charge in [-0.1, -0.05) is 0 Å². The van der Waals surface area contributed by atoms with Crippen molar-refractivity contribution in [3.63, 3.8) is 0 Å². The molecule has 0 amide bonds. The first-order valence-electron chi connectivity index (χ1n) is 10.1. The number of aliphatic hydroxyl groups is 7. The monoisotopic (exact) mass is 455 g/mol. The van der Waals surface area contributed by atoms with Crippen LogP contribution in [0.4, 0.5) is 0 Å². The highest BCUT2D eigenvalue weighted by Gasteiger charge is 2.52. The van der Waals surface area contributed by atoms with E-state index in [0.717, 1.165) is 0 Å². The topological polar surface area (TPSA) is 257 Å². The zero-order valence-corrected chi connectivity index (χ0v) is 16.7. The number of hydrogen-bond donors (Lipinski definition) is 10. The Bertz CT molecular complexity index is 590. The maximum atomic E-state index is 10.5. The molecule has 0 aromatic carbocycles. The standard InChI is InChI=1S/C17H33N3O11/c18-2-6-10(24)12(26)8(20)16(28-6)30-14-4(19)1-5(22)9(23)15(14)31-17-13(27)11(25)7(3-21)29-17/h4-17,21-27H,1-3,18-20H2/t4-,5+,6+,7+,8+,9-,10+,11+,12+,13+,14+,15+,16+,17-/m0/s1. The van der Waals surface area contributed by atoms with Crippen molar-refractivity contribution in [3.05, 3.63) is 0 Å². The van der Waals surface area contributed by atoms with E-state index in [-0.39, 0.29) is 13.0 Å². The molecule has 182 valence electrons. The number of rotatable bonds is 6. The maximum Gasteiger partial charge on any atom is 0.187 e. The van der Waals surface area contributed by atoms with Crippen molar-refractivity contribution < 1.29 is 54.7 Å². The van der Waals surface area contributed by atoms with E-state index >= 15 is 0 Å². The van der Waals surface area contributed by atoms with Gasteiger partial charge in [0.25, 0.3) is 0 Å². The van der Waals surface area contributed by atoms with E-state index in [4.69, 9.17) is 36.1 Å². The molecule has 0 unspecified atom stereocenters. The summed E-state index contributed by atoms with van der Waals surface area (Å²) >= 11 is 0. The Morgan fingerprint density at radius 3 is 1.90 bits per heavy atom. The van der Waals surface area contributed by atoms with E-state index in [1.807, 2.05) is 0 Å². The van der Waals surface area contributed by atoms with Crippen molar-refractivity contribution >= 4 is 0 Å². The van der Waals surface area contributed by atoms with Gasteiger partial charge in [0, 0.05) is 12.6 Å². The van der Waals surface area contributed by atoms with Crippen LogP contribution in [0, 0.1) is 0 Å². The van der Waals surface area contributed by atoms with Crippen molar-refractivity contribution in [2.45, 2.75) is 92.1 Å². The molecule has 0 radical (unpaired) electrons. The van der Waals surface area contributed by atoms with Crippen LogP contribution in [0.25, 0.3) is 0 Å². The highest BCUT2D eigenvalue weighted by Crippen LogP contribution is 2.32. The predicted molar refractivity (Wildman–Crippen MR) is 99.8 cm³/mol. The number of hydrogen-bond acceptors (Lipinski definition) is 14. The van der Waals surface area contributed by atoms with Gasteiger partial charge in [0.05, 0.1) is 18.8 Å². The Labute approximate surface area is 178 Å². The molecule has 3 aliphatic rings. The lowest BCUT2D eigenvalue weighted by Gasteiger charge is -2.47. The van der Waals surface area contributed by atoms with Crippen molar-refractivity contribution in [2.75, 3.05) is 13.2 Å². The molecule has 0 bridgehead atoms. The largest absolute Gasteiger partial charge is 0.394 e. The molecule has 14 nitrogen and oxygen atoms in total. The van der Waals surface area contributed by atoms with Crippen LogP contribution in [0.3, 0.4) is 0 Å². The first kappa shape index (κ1) is 25.1. The molecule has 3 rings (SSSR count). The molecule has 14 atom stereocenters. The minimum Gasteiger partial charge on any atom is -0.394 e. The molecule has 2 aliphatic heterocycles. The lowest BCUT2D eigenvalue weighted by atomic mass is 9.85. The molecule has 0 aromatic rings. The van der Waals surface area contributed by atoms with Crippen LogP contribution >= 0.6 is 0 Å². The van der Waals surface area contributed by atoms with Crippen molar-refractivity contribution in [3.8, 4) is 0 Å². The fourth-order valence-corrected chi connectivity index (χ4v) is 4.10. The smallest absolute Gasteiger partial charge is 0.187 e. The predicted octanol–water partition coefficient (Wildman–Crippen LogP) is -6.62. The van der Waals surface area contributed by atoms with Crippen LogP contribution in [-0.2, 0) is 18.9 Å². The van der Waals surface area contributed by atoms with Crippen molar-refractivity contribution in [2.24, 2.45) is 17.2 Å². The summed E-state index contributed by atoms with van der Waals surface area (Å²) in [5, 5.41) is 70.1. The molecule has 1 saturated carbocycles. The Hall–Kier alpha value is -0.560. The fourth-order valence-electron chi connectivity index (χ4n) is 4.10. The Balaban J connectivity index is 1.78. The van der Waals surface area contributed by atoms with Gasteiger partial charge in [0.1, 0.15) is 54.9 Å². The van der Waals surface area contributed by atoms with Gasteiger partial charge < -0.3 is 71.9 Å². The average Bonchev–Trinajstić information content (AvgIpc) is 3.02. The lowest BCUT2D eigenvalue weighted by Crippen LogP contribution is -2.67. The van der Waals surface area contributed by atoms with Crippen LogP contribution in [0.2, 0.25) is 0 Å². The summed E-state index contributed by atoms with van der Waals surface area (Å²) < 4.78 is 22.3. The first-order chi connectivity index (χ1) is 14.6. The maximum absolute atomic E-state index is 10.5. The second-order valence-electron chi connectivity index (χ2n) is 8.20. The molecule has 31 heavy (non-hydrogen) atoms. The molecule has 0 spiro atoms. The van der Waals surface area contributed by atoms with Gasteiger partial charge in [0.2, 0.25) is 0 Å². The summed E-state index contributed by atoms with van der Waals surface area (Å²) in [6, 6.07) is -2.08. The quantitative estimate of drug-likeness (QED) is 0.179. The zero-order chi connectivity index (χ0) is 23.0. The number of nitrogens with two attached hydrogens (primary N) is 3. The van der Waals surface area contributed by atoms with Gasteiger partial charge in [-0.05, 0) is 6.42 Å². The zero-order valence-electron chi connectivity index (χ0n) is 16.7. The first-order valence-corrected chi connectivity index (χ1v) is 10.1. The minimum atomic E-state index is -1.55. The van der Waals surface area contributed by atoms with Gasteiger partial charge in [0.15, 0.2) is 12.6 Å². The molecular formula is C17H33N3O11. The van der Waals surface area contributed by atoms with E-state index in [1.54, 1.807) is 0 Å². The third kappa shape index (κ3) is 4.87. The minimum absolute atomic E-state index is 0.0743. The average molecular weight is 455 g/mol. The Kier molecular flexibility index (Phi) is 8.21. The number of ether oxygens (including phenoxy) is 4. The van der Waals surface area contributed by atoms with Gasteiger partial charge >= 0.3 is 0 Å². The third-order valence-electron chi connectivity index (χ3n) is 6.05. The van der Waals surface area contributed by atoms with Crippen LogP contribution in [0.1, 0.15) is 6.42 Å². The van der Waals surface area contributed by atoms with Gasteiger partial charge in [-0.3, -0.25) is 0 Å². The molecule has 14 heteroatoms. The molecule has 0 aromatic heterocycles. The lowest BCUT2D eigenvalue weighted by molar-refractivity contribution is -0.311. The van der Waals surface area contributed by atoms with Gasteiger partial charge in [-0.15, -0.1) is 0 Å². The van der Waals surface area contributed by atoms with E-state index < -0.39 is 92.3 Å². The Morgan fingerprint density at radius 2 is 1.32 bits per heavy atom. The molecular weight excluding hydrogens is 422 g/mol. The molecule has 3 fully saturated rings. The van der Waals surface area contributed by atoms with Crippen LogP contribution in [0.15, 0.2) is 0 Å². The van der Waals surface area contributed by atoms with E-state index in [2.05, 4.69) is 0 Å². The number of aliphatic hydroxyl groups excluding tert-OH is 7. The highest BCUT2D eigenvalue weighted by molar-refractivity contribution is 5.00. The van der Waals surface area contributed by atoms with E-state index in [0.29, 0.717) is 0 Å². The summed E-state index contributed by atoms with van der Waals surface area (Å²) in [7, 11) is 0.